The van der Waals surface area contributed by atoms with E-state index in [1.165, 1.54) is 6.07 Å². The van der Waals surface area contributed by atoms with Crippen LogP contribution < -0.4 is 20.9 Å². The van der Waals surface area contributed by atoms with Gasteiger partial charge in [0, 0.05) is 46.0 Å². The van der Waals surface area contributed by atoms with E-state index in [4.69, 9.17) is 4.74 Å². The van der Waals surface area contributed by atoms with Crippen LogP contribution in [0.5, 0.6) is 0 Å². The molecule has 1 aliphatic rings. The molecule has 1 aromatic heterocycles. The molecule has 8 nitrogen and oxygen atoms in total. The molecule has 138 valence electrons. The minimum absolute atomic E-state index is 0.101. The number of aliphatic imine (C=N–C) groups is 1. The van der Waals surface area contributed by atoms with Gasteiger partial charge in [-0.15, -0.1) is 0 Å². The second-order valence-corrected chi connectivity index (χ2v) is 5.65. The Labute approximate surface area is 146 Å². The number of carbonyl (C=O) groups is 1. The van der Waals surface area contributed by atoms with Crippen molar-refractivity contribution in [1.29, 1.82) is 0 Å². The van der Waals surface area contributed by atoms with E-state index < -0.39 is 0 Å². The van der Waals surface area contributed by atoms with E-state index in [0.717, 1.165) is 6.42 Å². The lowest BCUT2D eigenvalue weighted by Crippen LogP contribution is -2.47. The van der Waals surface area contributed by atoms with Crippen LogP contribution in [0.2, 0.25) is 0 Å². The van der Waals surface area contributed by atoms with Crippen molar-refractivity contribution in [3.8, 4) is 0 Å². The van der Waals surface area contributed by atoms with Crippen LogP contribution in [0.25, 0.3) is 0 Å². The maximum absolute atomic E-state index is 13.8. The smallest absolute Gasteiger partial charge is 0.239 e. The topological polar surface area (TPSA) is 90.9 Å². The number of guanidine groups is 1. The lowest BCUT2D eigenvalue weighted by molar-refractivity contribution is -0.120. The molecular formula is C16H25FN6O2. The van der Waals surface area contributed by atoms with Gasteiger partial charge in [0.25, 0.3) is 0 Å². The number of aromatic nitrogens is 1. The summed E-state index contributed by atoms with van der Waals surface area (Å²) < 4.78 is 18.7. The Kier molecular flexibility index (Phi) is 7.39. The molecule has 9 heteroatoms. The molecule has 1 saturated heterocycles. The molecule has 1 unspecified atom stereocenters. The van der Waals surface area contributed by atoms with Gasteiger partial charge in [-0.25, -0.2) is 9.37 Å². The molecule has 1 atom stereocenters. The number of hydrogen-bond donors (Lipinski definition) is 3. The quantitative estimate of drug-likeness (QED) is 0.355. The summed E-state index contributed by atoms with van der Waals surface area (Å²) in [6, 6.07) is 3.09. The Balaban J connectivity index is 1.77. The van der Waals surface area contributed by atoms with Crippen LogP contribution in [-0.4, -0.2) is 69.8 Å². The minimum Gasteiger partial charge on any atom is -0.383 e. The summed E-state index contributed by atoms with van der Waals surface area (Å²) in [5.41, 5.74) is 0. The van der Waals surface area contributed by atoms with Gasteiger partial charge in [0.2, 0.25) is 5.91 Å². The standard InChI is InChI=1S/C16H25FN6O2/c1-18-16(21-10-14(24)19-7-9-25-2)22-12-5-8-23(11-12)15-13(17)4-3-6-20-15/h3-4,6,12H,5,7-11H2,1-2H3,(H,19,24)(H2,18,21,22). The third-order valence-corrected chi connectivity index (χ3v) is 3.84. The maximum atomic E-state index is 13.8. The fourth-order valence-electron chi connectivity index (χ4n) is 2.59. The van der Waals surface area contributed by atoms with Gasteiger partial charge in [-0.2, -0.15) is 0 Å². The fourth-order valence-corrected chi connectivity index (χ4v) is 2.59. The summed E-state index contributed by atoms with van der Waals surface area (Å²) in [6.45, 7) is 2.39. The Bertz CT molecular complexity index is 598. The monoisotopic (exact) mass is 352 g/mol. The van der Waals surface area contributed by atoms with Gasteiger partial charge < -0.3 is 25.6 Å². The lowest BCUT2D eigenvalue weighted by Gasteiger charge is -2.19. The highest BCUT2D eigenvalue weighted by atomic mass is 19.1. The number of hydrogen-bond acceptors (Lipinski definition) is 5. The number of anilines is 1. The predicted molar refractivity (Wildman–Crippen MR) is 94.2 cm³/mol. The number of rotatable bonds is 7. The Morgan fingerprint density at radius 3 is 3.08 bits per heavy atom. The van der Waals surface area contributed by atoms with Gasteiger partial charge in [-0.1, -0.05) is 0 Å². The Morgan fingerprint density at radius 2 is 2.36 bits per heavy atom. The number of methoxy groups -OCH3 is 1. The molecular weight excluding hydrogens is 327 g/mol. The third-order valence-electron chi connectivity index (χ3n) is 3.84. The number of nitrogens with one attached hydrogen (secondary N) is 3. The normalized spacial score (nSPS) is 17.5. The van der Waals surface area contributed by atoms with E-state index >= 15 is 0 Å². The summed E-state index contributed by atoms with van der Waals surface area (Å²) in [6.07, 6.45) is 2.42. The first-order valence-electron chi connectivity index (χ1n) is 8.22. The van der Waals surface area contributed by atoms with Crippen molar-refractivity contribution in [3.63, 3.8) is 0 Å². The van der Waals surface area contributed by atoms with Crippen LogP contribution in [0.4, 0.5) is 10.2 Å². The Morgan fingerprint density at radius 1 is 1.52 bits per heavy atom. The van der Waals surface area contributed by atoms with E-state index in [1.54, 1.807) is 26.4 Å². The number of pyridine rings is 1. The molecule has 1 aromatic rings. The summed E-state index contributed by atoms with van der Waals surface area (Å²) >= 11 is 0. The predicted octanol–water partition coefficient (Wildman–Crippen LogP) is -0.273. The van der Waals surface area contributed by atoms with Crippen LogP contribution in [0.15, 0.2) is 23.3 Å². The highest BCUT2D eigenvalue weighted by Gasteiger charge is 2.25. The second kappa shape index (κ2) is 9.77. The third kappa shape index (κ3) is 5.86. The zero-order valence-corrected chi connectivity index (χ0v) is 14.6. The molecule has 0 aromatic carbocycles. The Hall–Kier alpha value is -2.42. The highest BCUT2D eigenvalue weighted by Crippen LogP contribution is 2.20. The zero-order chi connectivity index (χ0) is 18.1. The molecule has 0 bridgehead atoms. The first-order chi connectivity index (χ1) is 12.1. The summed E-state index contributed by atoms with van der Waals surface area (Å²) in [5.74, 6) is 0.449. The van der Waals surface area contributed by atoms with Crippen molar-refractivity contribution >= 4 is 17.7 Å². The van der Waals surface area contributed by atoms with Crippen molar-refractivity contribution < 1.29 is 13.9 Å². The highest BCUT2D eigenvalue weighted by molar-refractivity contribution is 5.86. The van der Waals surface area contributed by atoms with E-state index in [0.29, 0.717) is 38.0 Å². The van der Waals surface area contributed by atoms with E-state index in [2.05, 4.69) is 25.9 Å². The number of halogens is 1. The van der Waals surface area contributed by atoms with E-state index in [-0.39, 0.29) is 24.3 Å². The molecule has 1 fully saturated rings. The van der Waals surface area contributed by atoms with Gasteiger partial charge in [0.15, 0.2) is 17.6 Å². The first-order valence-corrected chi connectivity index (χ1v) is 8.22. The van der Waals surface area contributed by atoms with Crippen LogP contribution in [0.3, 0.4) is 0 Å². The number of nitrogens with zero attached hydrogens (tertiary/aromatic N) is 3. The van der Waals surface area contributed by atoms with Gasteiger partial charge in [0.1, 0.15) is 0 Å². The molecule has 2 heterocycles. The second-order valence-electron chi connectivity index (χ2n) is 5.65. The summed E-state index contributed by atoms with van der Waals surface area (Å²) in [4.78, 5) is 21.8. The minimum atomic E-state index is -0.321. The van der Waals surface area contributed by atoms with Crippen molar-refractivity contribution in [2.45, 2.75) is 12.5 Å². The summed E-state index contributed by atoms with van der Waals surface area (Å²) in [5, 5.41) is 8.94. The maximum Gasteiger partial charge on any atom is 0.239 e. The average Bonchev–Trinajstić information content (AvgIpc) is 3.07. The number of ether oxygens (including phenoxy) is 1. The SMILES string of the molecule is CN=C(NCC(=O)NCCOC)NC1CCN(c2ncccc2F)C1. The van der Waals surface area contributed by atoms with E-state index in [1.807, 2.05) is 4.90 Å². The van der Waals surface area contributed by atoms with Crippen LogP contribution >= 0.6 is 0 Å². The average molecular weight is 352 g/mol. The zero-order valence-electron chi connectivity index (χ0n) is 14.6. The number of carbonyl (C=O) groups excluding carboxylic acids is 1. The van der Waals surface area contributed by atoms with Crippen LogP contribution in [0.1, 0.15) is 6.42 Å². The first kappa shape index (κ1) is 18.9. The molecule has 1 amide bonds. The molecule has 25 heavy (non-hydrogen) atoms. The molecule has 0 spiro atoms. The van der Waals surface area contributed by atoms with Crippen molar-refractivity contribution in [1.82, 2.24) is 20.9 Å². The molecule has 0 saturated carbocycles. The van der Waals surface area contributed by atoms with E-state index in [9.17, 15) is 9.18 Å². The summed E-state index contributed by atoms with van der Waals surface area (Å²) in [7, 11) is 3.22. The fraction of sp³-hybridized carbons (Fsp3) is 0.562. The molecule has 0 aliphatic carbocycles. The van der Waals surface area contributed by atoms with Gasteiger partial charge >= 0.3 is 0 Å². The molecule has 0 radical (unpaired) electrons. The van der Waals surface area contributed by atoms with Crippen molar-refractivity contribution in [2.24, 2.45) is 4.99 Å². The molecule has 3 N–H and O–H groups in total. The van der Waals surface area contributed by atoms with Crippen LogP contribution in [-0.2, 0) is 9.53 Å². The van der Waals surface area contributed by atoms with Crippen molar-refractivity contribution in [3.05, 3.63) is 24.1 Å². The van der Waals surface area contributed by atoms with Crippen molar-refractivity contribution in [2.75, 3.05) is 51.8 Å². The largest absolute Gasteiger partial charge is 0.383 e. The van der Waals surface area contributed by atoms with Gasteiger partial charge in [-0.3, -0.25) is 9.79 Å². The van der Waals surface area contributed by atoms with Crippen LogP contribution in [0, 0.1) is 5.82 Å². The molecule has 1 aliphatic heterocycles. The lowest BCUT2D eigenvalue weighted by atomic mass is 10.3. The number of amides is 1. The molecule has 2 rings (SSSR count). The van der Waals surface area contributed by atoms with Gasteiger partial charge in [-0.05, 0) is 18.6 Å². The van der Waals surface area contributed by atoms with Gasteiger partial charge in [0.05, 0.1) is 13.2 Å².